The van der Waals surface area contributed by atoms with Gasteiger partial charge < -0.3 is 0 Å². The van der Waals surface area contributed by atoms with Crippen LogP contribution >= 0.6 is 0 Å². The van der Waals surface area contributed by atoms with Crippen LogP contribution in [0.5, 0.6) is 0 Å². The Balaban J connectivity index is 1.56. The van der Waals surface area contributed by atoms with Gasteiger partial charge in [0.05, 0.1) is 0 Å². The minimum absolute atomic E-state index is 0.810. The molecule has 0 heteroatoms. The summed E-state index contributed by atoms with van der Waals surface area (Å²) in [6.45, 7) is 2.45. The third-order valence-corrected chi connectivity index (χ3v) is 6.12. The van der Waals surface area contributed by atoms with Gasteiger partial charge in [0.2, 0.25) is 0 Å². The molecule has 2 fully saturated rings. The van der Waals surface area contributed by atoms with Crippen molar-refractivity contribution < 1.29 is 0 Å². The molecule has 2 aromatic rings. The smallest absolute Gasteiger partial charge is 0.0159 e. The first-order chi connectivity index (χ1) is 10.3. The van der Waals surface area contributed by atoms with E-state index in [9.17, 15) is 0 Å². The van der Waals surface area contributed by atoms with Crippen molar-refractivity contribution in [1.29, 1.82) is 0 Å². The second-order valence-electron chi connectivity index (χ2n) is 7.55. The van der Waals surface area contributed by atoms with Gasteiger partial charge in [0, 0.05) is 0 Å². The van der Waals surface area contributed by atoms with E-state index in [0.29, 0.717) is 0 Å². The highest BCUT2D eigenvalue weighted by Crippen LogP contribution is 2.47. The normalized spacial score (nSPS) is 32.8. The molecule has 0 bridgehead atoms. The molecule has 2 saturated carbocycles. The lowest BCUT2D eigenvalue weighted by Crippen LogP contribution is -2.29. The molecule has 0 spiro atoms. The van der Waals surface area contributed by atoms with Gasteiger partial charge >= 0.3 is 0 Å². The summed E-state index contributed by atoms with van der Waals surface area (Å²) in [5.74, 6) is 3.82. The van der Waals surface area contributed by atoms with Crippen LogP contribution in [0.3, 0.4) is 0 Å². The molecule has 0 radical (unpaired) electrons. The lowest BCUT2D eigenvalue weighted by atomic mass is 9.64. The Morgan fingerprint density at radius 3 is 2.43 bits per heavy atom. The molecule has 0 heterocycles. The molecule has 2 aromatic carbocycles. The highest BCUT2D eigenvalue weighted by atomic mass is 14.4. The maximum atomic E-state index is 2.45. The monoisotopic (exact) mass is 278 g/mol. The van der Waals surface area contributed by atoms with Gasteiger partial charge in [-0.2, -0.15) is 0 Å². The Hall–Kier alpha value is -1.30. The van der Waals surface area contributed by atoms with Gasteiger partial charge in [0.25, 0.3) is 0 Å². The van der Waals surface area contributed by atoms with Crippen LogP contribution in [0.4, 0.5) is 0 Å². The molecule has 0 nitrogen and oxygen atoms in total. The lowest BCUT2D eigenvalue weighted by Gasteiger charge is -2.41. The molecule has 0 N–H and O–H groups in total. The van der Waals surface area contributed by atoms with E-state index in [2.05, 4.69) is 49.4 Å². The summed E-state index contributed by atoms with van der Waals surface area (Å²) in [6, 6.07) is 15.9. The Bertz CT molecular complexity index is 627. The fourth-order valence-electron chi connectivity index (χ4n) is 4.89. The highest BCUT2D eigenvalue weighted by Gasteiger charge is 2.34. The SMILES string of the molecule is CC1CCC2CC(c3ccc4ccccc4c3)CCC2C1. The van der Waals surface area contributed by atoms with Crippen LogP contribution in [0.15, 0.2) is 42.5 Å². The van der Waals surface area contributed by atoms with Crippen LogP contribution in [0.25, 0.3) is 10.8 Å². The molecule has 0 saturated heterocycles. The van der Waals surface area contributed by atoms with Crippen LogP contribution in [-0.4, -0.2) is 0 Å². The molecule has 0 aliphatic heterocycles. The van der Waals surface area contributed by atoms with Gasteiger partial charge in [-0.1, -0.05) is 55.8 Å². The highest BCUT2D eigenvalue weighted by molar-refractivity contribution is 5.83. The average Bonchev–Trinajstić information content (AvgIpc) is 2.54. The fraction of sp³-hybridized carbons (Fsp3) is 0.524. The maximum Gasteiger partial charge on any atom is -0.0159 e. The summed E-state index contributed by atoms with van der Waals surface area (Å²) in [6.07, 6.45) is 8.76. The van der Waals surface area contributed by atoms with Gasteiger partial charge in [-0.05, 0) is 72.1 Å². The van der Waals surface area contributed by atoms with Crippen molar-refractivity contribution in [2.45, 2.75) is 51.4 Å². The second kappa shape index (κ2) is 5.48. The summed E-state index contributed by atoms with van der Waals surface area (Å²) in [4.78, 5) is 0. The van der Waals surface area contributed by atoms with Gasteiger partial charge in [0.1, 0.15) is 0 Å². The minimum Gasteiger partial charge on any atom is -0.0625 e. The standard InChI is InChI=1S/C21H26/c1-15-6-7-19-14-21(11-10-18(19)12-15)20-9-8-16-4-2-3-5-17(16)13-20/h2-5,8-9,13,15,18-19,21H,6-7,10-12,14H2,1H3. The van der Waals surface area contributed by atoms with Crippen LogP contribution in [-0.2, 0) is 0 Å². The first-order valence-corrected chi connectivity index (χ1v) is 8.78. The van der Waals surface area contributed by atoms with Crippen molar-refractivity contribution in [2.75, 3.05) is 0 Å². The van der Waals surface area contributed by atoms with Crippen molar-refractivity contribution in [3.8, 4) is 0 Å². The second-order valence-corrected chi connectivity index (χ2v) is 7.55. The van der Waals surface area contributed by atoms with E-state index in [1.807, 2.05) is 0 Å². The largest absolute Gasteiger partial charge is 0.0625 e. The quantitative estimate of drug-likeness (QED) is 0.586. The van der Waals surface area contributed by atoms with Crippen molar-refractivity contribution in [3.05, 3.63) is 48.0 Å². The number of rotatable bonds is 1. The topological polar surface area (TPSA) is 0 Å². The number of fused-ring (bicyclic) bond motifs is 2. The summed E-state index contributed by atoms with van der Waals surface area (Å²) in [5.41, 5.74) is 1.59. The molecule has 2 aliphatic carbocycles. The predicted molar refractivity (Wildman–Crippen MR) is 90.5 cm³/mol. The van der Waals surface area contributed by atoms with Crippen LogP contribution in [0.2, 0.25) is 0 Å². The van der Waals surface area contributed by atoms with Crippen molar-refractivity contribution in [2.24, 2.45) is 17.8 Å². The zero-order valence-corrected chi connectivity index (χ0v) is 13.1. The fourth-order valence-corrected chi connectivity index (χ4v) is 4.89. The molecular formula is C21H26. The van der Waals surface area contributed by atoms with E-state index in [4.69, 9.17) is 0 Å². The minimum atomic E-state index is 0.810. The molecule has 4 atom stereocenters. The Kier molecular flexibility index (Phi) is 3.49. The van der Waals surface area contributed by atoms with Gasteiger partial charge in [-0.3, -0.25) is 0 Å². The average molecular weight is 278 g/mol. The van der Waals surface area contributed by atoms with Crippen LogP contribution in [0, 0.1) is 17.8 Å². The first kappa shape index (κ1) is 13.4. The third-order valence-electron chi connectivity index (χ3n) is 6.12. The zero-order valence-electron chi connectivity index (χ0n) is 13.1. The van der Waals surface area contributed by atoms with E-state index in [-0.39, 0.29) is 0 Å². The van der Waals surface area contributed by atoms with Crippen molar-refractivity contribution in [1.82, 2.24) is 0 Å². The lowest BCUT2D eigenvalue weighted by molar-refractivity contribution is 0.124. The van der Waals surface area contributed by atoms with Crippen LogP contribution < -0.4 is 0 Å². The molecule has 4 rings (SSSR count). The van der Waals surface area contributed by atoms with Gasteiger partial charge in [-0.25, -0.2) is 0 Å². The molecule has 0 amide bonds. The van der Waals surface area contributed by atoms with E-state index < -0.39 is 0 Å². The molecule has 21 heavy (non-hydrogen) atoms. The Morgan fingerprint density at radius 1 is 0.762 bits per heavy atom. The number of benzene rings is 2. The maximum absolute atomic E-state index is 2.45. The molecule has 0 aromatic heterocycles. The number of hydrogen-bond acceptors (Lipinski definition) is 0. The van der Waals surface area contributed by atoms with Crippen molar-refractivity contribution in [3.63, 3.8) is 0 Å². The Morgan fingerprint density at radius 2 is 1.52 bits per heavy atom. The molecule has 2 aliphatic rings. The van der Waals surface area contributed by atoms with E-state index in [1.54, 1.807) is 5.56 Å². The number of hydrogen-bond donors (Lipinski definition) is 0. The third kappa shape index (κ3) is 2.61. The zero-order chi connectivity index (χ0) is 14.2. The van der Waals surface area contributed by atoms with Crippen LogP contribution in [0.1, 0.15) is 56.9 Å². The van der Waals surface area contributed by atoms with Gasteiger partial charge in [0.15, 0.2) is 0 Å². The van der Waals surface area contributed by atoms with Crippen molar-refractivity contribution >= 4 is 10.8 Å². The summed E-state index contributed by atoms with van der Waals surface area (Å²) >= 11 is 0. The summed E-state index contributed by atoms with van der Waals surface area (Å²) < 4.78 is 0. The molecular weight excluding hydrogens is 252 g/mol. The Labute approximate surface area is 128 Å². The molecule has 4 unspecified atom stereocenters. The van der Waals surface area contributed by atoms with E-state index in [1.165, 1.54) is 49.3 Å². The van der Waals surface area contributed by atoms with Gasteiger partial charge in [-0.15, -0.1) is 0 Å². The predicted octanol–water partition coefficient (Wildman–Crippen LogP) is 6.16. The summed E-state index contributed by atoms with van der Waals surface area (Å²) in [7, 11) is 0. The molecule has 110 valence electrons. The van der Waals surface area contributed by atoms with E-state index >= 15 is 0 Å². The summed E-state index contributed by atoms with van der Waals surface area (Å²) in [5, 5.41) is 2.79. The first-order valence-electron chi connectivity index (χ1n) is 8.78. The van der Waals surface area contributed by atoms with E-state index in [0.717, 1.165) is 23.7 Å².